The Balaban J connectivity index is 1.71. The van der Waals surface area contributed by atoms with Crippen LogP contribution in [-0.4, -0.2) is 4.98 Å². The van der Waals surface area contributed by atoms with Crippen molar-refractivity contribution in [3.63, 3.8) is 0 Å². The summed E-state index contributed by atoms with van der Waals surface area (Å²) in [5, 5.41) is 0. The van der Waals surface area contributed by atoms with Crippen LogP contribution in [0, 0.1) is 0 Å². The van der Waals surface area contributed by atoms with Crippen LogP contribution in [0.1, 0.15) is 17.5 Å². The van der Waals surface area contributed by atoms with Crippen molar-refractivity contribution >= 4 is 0 Å². The van der Waals surface area contributed by atoms with Crippen LogP contribution in [0.3, 0.4) is 0 Å². The molecule has 0 bridgehead atoms. The first-order valence-electron chi connectivity index (χ1n) is 7.46. The molecular formula is C20H19N. The summed E-state index contributed by atoms with van der Waals surface area (Å²) in [6.45, 7) is 0. The number of aryl methyl sites for hydroxylation is 2. The molecule has 0 aliphatic rings. The van der Waals surface area contributed by atoms with E-state index in [1.165, 1.54) is 28.7 Å². The van der Waals surface area contributed by atoms with Crippen molar-refractivity contribution in [1.82, 2.24) is 4.98 Å². The highest BCUT2D eigenvalue weighted by Gasteiger charge is 2.04. The molecule has 1 heteroatoms. The summed E-state index contributed by atoms with van der Waals surface area (Å²) in [5.74, 6) is 0. The Labute approximate surface area is 126 Å². The van der Waals surface area contributed by atoms with Crippen molar-refractivity contribution in [3.8, 4) is 11.1 Å². The van der Waals surface area contributed by atoms with Crippen molar-refractivity contribution in [2.45, 2.75) is 19.3 Å². The maximum absolute atomic E-state index is 4.23. The molecule has 1 heterocycles. The Morgan fingerprint density at radius 3 is 2.33 bits per heavy atom. The molecule has 0 aliphatic heterocycles. The summed E-state index contributed by atoms with van der Waals surface area (Å²) >= 11 is 0. The Hall–Kier alpha value is -2.41. The topological polar surface area (TPSA) is 12.9 Å². The quantitative estimate of drug-likeness (QED) is 0.642. The molecule has 3 aromatic rings. The van der Waals surface area contributed by atoms with E-state index in [0.717, 1.165) is 12.8 Å². The highest BCUT2D eigenvalue weighted by molar-refractivity contribution is 5.66. The van der Waals surface area contributed by atoms with E-state index in [2.05, 4.69) is 65.6 Å². The summed E-state index contributed by atoms with van der Waals surface area (Å²) in [7, 11) is 0. The van der Waals surface area contributed by atoms with E-state index in [1.807, 2.05) is 18.5 Å². The number of pyridine rings is 1. The summed E-state index contributed by atoms with van der Waals surface area (Å²) in [6, 6.07) is 23.5. The minimum Gasteiger partial charge on any atom is -0.264 e. The third-order valence-electron chi connectivity index (χ3n) is 3.74. The van der Waals surface area contributed by atoms with E-state index >= 15 is 0 Å². The predicted octanol–water partition coefficient (Wildman–Crippen LogP) is 4.92. The van der Waals surface area contributed by atoms with Gasteiger partial charge in [-0.2, -0.15) is 0 Å². The number of aromatic nitrogens is 1. The summed E-state index contributed by atoms with van der Waals surface area (Å²) in [4.78, 5) is 4.23. The molecule has 2 aromatic carbocycles. The largest absolute Gasteiger partial charge is 0.264 e. The normalized spacial score (nSPS) is 10.5. The van der Waals surface area contributed by atoms with Crippen molar-refractivity contribution in [3.05, 3.63) is 90.3 Å². The fourth-order valence-corrected chi connectivity index (χ4v) is 2.67. The third kappa shape index (κ3) is 3.57. The first-order valence-corrected chi connectivity index (χ1v) is 7.46. The smallest absolute Gasteiger partial charge is 0.0346 e. The highest BCUT2D eigenvalue weighted by atomic mass is 14.6. The van der Waals surface area contributed by atoms with Gasteiger partial charge in [0.1, 0.15) is 0 Å². The molecule has 0 radical (unpaired) electrons. The van der Waals surface area contributed by atoms with Gasteiger partial charge in [0.05, 0.1) is 0 Å². The first-order chi connectivity index (χ1) is 10.4. The lowest BCUT2D eigenvalue weighted by Gasteiger charge is -2.09. The average molecular weight is 273 g/mol. The number of nitrogens with zero attached hydrogens (tertiary/aromatic N) is 1. The monoisotopic (exact) mass is 273 g/mol. The predicted molar refractivity (Wildman–Crippen MR) is 88.1 cm³/mol. The molecule has 0 aliphatic carbocycles. The number of hydrogen-bond donors (Lipinski definition) is 0. The molecular weight excluding hydrogens is 254 g/mol. The van der Waals surface area contributed by atoms with Gasteiger partial charge in [0.2, 0.25) is 0 Å². The maximum Gasteiger partial charge on any atom is 0.0346 e. The lowest BCUT2D eigenvalue weighted by atomic mass is 9.96. The van der Waals surface area contributed by atoms with E-state index in [-0.39, 0.29) is 0 Å². The van der Waals surface area contributed by atoms with E-state index in [9.17, 15) is 0 Å². The fourth-order valence-electron chi connectivity index (χ4n) is 2.67. The van der Waals surface area contributed by atoms with Crippen LogP contribution in [0.15, 0.2) is 79.1 Å². The van der Waals surface area contributed by atoms with Crippen molar-refractivity contribution in [2.75, 3.05) is 0 Å². The van der Waals surface area contributed by atoms with Gasteiger partial charge < -0.3 is 0 Å². The molecule has 104 valence electrons. The molecule has 0 saturated carbocycles. The van der Waals surface area contributed by atoms with E-state index in [4.69, 9.17) is 0 Å². The number of hydrogen-bond acceptors (Lipinski definition) is 1. The lowest BCUT2D eigenvalue weighted by Crippen LogP contribution is -1.93. The molecule has 0 atom stereocenters. The molecule has 0 unspecified atom stereocenters. The molecule has 3 rings (SSSR count). The minimum atomic E-state index is 1.10. The highest BCUT2D eigenvalue weighted by Crippen LogP contribution is 2.24. The Kier molecular flexibility index (Phi) is 4.42. The van der Waals surface area contributed by atoms with Crippen LogP contribution in [0.2, 0.25) is 0 Å². The van der Waals surface area contributed by atoms with Crippen molar-refractivity contribution in [1.29, 1.82) is 0 Å². The Morgan fingerprint density at radius 1 is 0.714 bits per heavy atom. The van der Waals surface area contributed by atoms with E-state index in [0.29, 0.717) is 0 Å². The zero-order chi connectivity index (χ0) is 14.3. The van der Waals surface area contributed by atoms with E-state index < -0.39 is 0 Å². The first kappa shape index (κ1) is 13.6. The van der Waals surface area contributed by atoms with Gasteiger partial charge >= 0.3 is 0 Å². The number of rotatable bonds is 5. The van der Waals surface area contributed by atoms with Gasteiger partial charge in [-0.05, 0) is 42.0 Å². The zero-order valence-electron chi connectivity index (χ0n) is 12.1. The number of benzene rings is 2. The van der Waals surface area contributed by atoms with Gasteiger partial charge in [0.25, 0.3) is 0 Å². The summed E-state index contributed by atoms with van der Waals surface area (Å²) < 4.78 is 0. The second kappa shape index (κ2) is 6.85. The van der Waals surface area contributed by atoms with Gasteiger partial charge in [0.15, 0.2) is 0 Å². The average Bonchev–Trinajstić information content (AvgIpc) is 2.57. The molecule has 0 spiro atoms. The van der Waals surface area contributed by atoms with Crippen LogP contribution in [0.4, 0.5) is 0 Å². The van der Waals surface area contributed by atoms with Gasteiger partial charge in [-0.15, -0.1) is 0 Å². The van der Waals surface area contributed by atoms with Gasteiger partial charge in [-0.25, -0.2) is 0 Å². The van der Waals surface area contributed by atoms with Crippen LogP contribution in [-0.2, 0) is 12.8 Å². The minimum absolute atomic E-state index is 1.10. The van der Waals surface area contributed by atoms with Crippen molar-refractivity contribution < 1.29 is 0 Å². The zero-order valence-corrected chi connectivity index (χ0v) is 12.1. The van der Waals surface area contributed by atoms with Crippen LogP contribution in [0.5, 0.6) is 0 Å². The lowest BCUT2D eigenvalue weighted by molar-refractivity contribution is 0.822. The van der Waals surface area contributed by atoms with Crippen molar-refractivity contribution in [2.24, 2.45) is 0 Å². The molecule has 1 aromatic heterocycles. The molecule has 0 saturated heterocycles. The fraction of sp³-hybridized carbons (Fsp3) is 0.150. The standard InChI is InChI=1S/C20H19N/c1-2-8-17(9-3-1)10-6-12-18-11-4-5-14-20(18)19-13-7-15-21-16-19/h1-5,7-9,11,13-16H,6,10,12H2. The molecule has 1 nitrogen and oxygen atoms in total. The van der Waals surface area contributed by atoms with Crippen LogP contribution in [0.25, 0.3) is 11.1 Å². The van der Waals surface area contributed by atoms with Crippen LogP contribution < -0.4 is 0 Å². The van der Waals surface area contributed by atoms with Gasteiger partial charge in [0, 0.05) is 18.0 Å². The summed E-state index contributed by atoms with van der Waals surface area (Å²) in [5.41, 5.74) is 5.32. The van der Waals surface area contributed by atoms with Crippen LogP contribution >= 0.6 is 0 Å². The van der Waals surface area contributed by atoms with E-state index in [1.54, 1.807) is 0 Å². The Morgan fingerprint density at radius 2 is 1.52 bits per heavy atom. The summed E-state index contributed by atoms with van der Waals surface area (Å²) in [6.07, 6.45) is 7.15. The third-order valence-corrected chi connectivity index (χ3v) is 3.74. The molecule has 0 amide bonds. The SMILES string of the molecule is c1ccc(CCCc2ccccc2-c2cccnc2)cc1. The maximum atomic E-state index is 4.23. The second-order valence-corrected chi connectivity index (χ2v) is 5.24. The van der Waals surface area contributed by atoms with Gasteiger partial charge in [-0.1, -0.05) is 60.7 Å². The molecule has 0 N–H and O–H groups in total. The van der Waals surface area contributed by atoms with Gasteiger partial charge in [-0.3, -0.25) is 4.98 Å². The molecule has 0 fully saturated rings. The molecule has 21 heavy (non-hydrogen) atoms. The Bertz CT molecular complexity index is 674. The second-order valence-electron chi connectivity index (χ2n) is 5.24.